The van der Waals surface area contributed by atoms with Crippen LogP contribution in [0.15, 0.2) is 68.8 Å². The number of amides is 2. The lowest BCUT2D eigenvalue weighted by Gasteiger charge is -2.08. The SMILES string of the molecule is Cc1cc(C(=O)NCC(=O)Nc2ccc(Sc3ccccc3Cl)cc2)c(C)o1. The van der Waals surface area contributed by atoms with Crippen LogP contribution in [0.4, 0.5) is 5.69 Å². The molecule has 0 radical (unpaired) electrons. The molecule has 2 N–H and O–H groups in total. The maximum atomic E-state index is 12.1. The molecule has 1 aromatic heterocycles. The van der Waals surface area contributed by atoms with Gasteiger partial charge in [0.05, 0.1) is 17.1 Å². The van der Waals surface area contributed by atoms with Crippen LogP contribution in [0.5, 0.6) is 0 Å². The van der Waals surface area contributed by atoms with Crippen LogP contribution in [0.3, 0.4) is 0 Å². The first-order valence-electron chi connectivity index (χ1n) is 8.60. The summed E-state index contributed by atoms with van der Waals surface area (Å²) >= 11 is 7.72. The predicted molar refractivity (Wildman–Crippen MR) is 111 cm³/mol. The lowest BCUT2D eigenvalue weighted by molar-refractivity contribution is -0.115. The van der Waals surface area contributed by atoms with Gasteiger partial charge in [0.1, 0.15) is 11.5 Å². The van der Waals surface area contributed by atoms with Crippen molar-refractivity contribution >= 4 is 40.9 Å². The van der Waals surface area contributed by atoms with Gasteiger partial charge in [0.15, 0.2) is 0 Å². The Hall–Kier alpha value is -2.70. The normalized spacial score (nSPS) is 10.5. The van der Waals surface area contributed by atoms with Crippen LogP contribution in [0, 0.1) is 13.8 Å². The third-order valence-corrected chi connectivity index (χ3v) is 5.42. The second-order valence-corrected chi connectivity index (χ2v) is 7.64. The van der Waals surface area contributed by atoms with Crippen molar-refractivity contribution in [3.8, 4) is 0 Å². The number of benzene rings is 2. The molecule has 3 aromatic rings. The number of hydrogen-bond acceptors (Lipinski definition) is 4. The highest BCUT2D eigenvalue weighted by Gasteiger charge is 2.14. The standard InChI is InChI=1S/C21H19ClN2O3S/c1-13-11-17(14(2)27-13)21(26)23-12-20(25)24-15-7-9-16(10-8-15)28-19-6-4-3-5-18(19)22/h3-11H,12H2,1-2H3,(H,23,26)(H,24,25). The molecule has 144 valence electrons. The van der Waals surface area contributed by atoms with Crippen LogP contribution in [-0.4, -0.2) is 18.4 Å². The van der Waals surface area contributed by atoms with Gasteiger partial charge in [0, 0.05) is 15.5 Å². The van der Waals surface area contributed by atoms with Crippen molar-refractivity contribution in [2.24, 2.45) is 0 Å². The van der Waals surface area contributed by atoms with Gasteiger partial charge in [-0.15, -0.1) is 0 Å². The van der Waals surface area contributed by atoms with Crippen molar-refractivity contribution in [3.05, 3.63) is 76.7 Å². The summed E-state index contributed by atoms with van der Waals surface area (Å²) < 4.78 is 5.33. The Kier molecular flexibility index (Phi) is 6.44. The van der Waals surface area contributed by atoms with Gasteiger partial charge in [-0.05, 0) is 56.3 Å². The maximum absolute atomic E-state index is 12.1. The molecule has 0 saturated carbocycles. The van der Waals surface area contributed by atoms with E-state index >= 15 is 0 Å². The summed E-state index contributed by atoms with van der Waals surface area (Å²) in [6.45, 7) is 3.35. The summed E-state index contributed by atoms with van der Waals surface area (Å²) in [4.78, 5) is 26.2. The molecule has 0 bridgehead atoms. The van der Waals surface area contributed by atoms with Gasteiger partial charge in [-0.1, -0.05) is 35.5 Å². The summed E-state index contributed by atoms with van der Waals surface area (Å²) in [7, 11) is 0. The van der Waals surface area contributed by atoms with Crippen molar-refractivity contribution in [3.63, 3.8) is 0 Å². The maximum Gasteiger partial charge on any atom is 0.255 e. The lowest BCUT2D eigenvalue weighted by Crippen LogP contribution is -2.32. The highest BCUT2D eigenvalue weighted by molar-refractivity contribution is 7.99. The number of anilines is 1. The fourth-order valence-electron chi connectivity index (χ4n) is 2.58. The van der Waals surface area contributed by atoms with Crippen molar-refractivity contribution in [1.29, 1.82) is 0 Å². The van der Waals surface area contributed by atoms with Gasteiger partial charge in [0.25, 0.3) is 5.91 Å². The van der Waals surface area contributed by atoms with Crippen LogP contribution in [0.25, 0.3) is 0 Å². The van der Waals surface area contributed by atoms with E-state index in [2.05, 4.69) is 10.6 Å². The number of carbonyl (C=O) groups excluding carboxylic acids is 2. The average molecular weight is 415 g/mol. The molecule has 0 aliphatic heterocycles. The van der Waals surface area contributed by atoms with Crippen molar-refractivity contribution < 1.29 is 14.0 Å². The Bertz CT molecular complexity index is 999. The van der Waals surface area contributed by atoms with E-state index in [-0.39, 0.29) is 18.4 Å². The predicted octanol–water partition coefficient (Wildman–Crippen LogP) is 5.07. The monoisotopic (exact) mass is 414 g/mol. The van der Waals surface area contributed by atoms with E-state index in [4.69, 9.17) is 16.0 Å². The van der Waals surface area contributed by atoms with Crippen molar-refractivity contribution in [1.82, 2.24) is 5.32 Å². The second-order valence-electron chi connectivity index (χ2n) is 6.11. The van der Waals surface area contributed by atoms with Gasteiger partial charge < -0.3 is 15.1 Å². The van der Waals surface area contributed by atoms with Crippen LogP contribution < -0.4 is 10.6 Å². The molecule has 28 heavy (non-hydrogen) atoms. The lowest BCUT2D eigenvalue weighted by atomic mass is 10.2. The number of rotatable bonds is 6. The molecule has 2 amide bonds. The molecule has 0 atom stereocenters. The van der Waals surface area contributed by atoms with E-state index in [9.17, 15) is 9.59 Å². The molecule has 5 nitrogen and oxygen atoms in total. The first kappa shape index (κ1) is 20.0. The first-order valence-corrected chi connectivity index (χ1v) is 9.79. The van der Waals surface area contributed by atoms with E-state index in [0.29, 0.717) is 27.8 Å². The summed E-state index contributed by atoms with van der Waals surface area (Å²) in [5, 5.41) is 6.05. The molecular formula is C21H19ClN2O3S. The largest absolute Gasteiger partial charge is 0.466 e. The van der Waals surface area contributed by atoms with Crippen LogP contribution in [0.2, 0.25) is 5.02 Å². The third kappa shape index (κ3) is 5.18. The van der Waals surface area contributed by atoms with E-state index in [1.807, 2.05) is 48.5 Å². The van der Waals surface area contributed by atoms with Crippen LogP contribution in [0.1, 0.15) is 21.9 Å². The molecule has 0 aliphatic carbocycles. The third-order valence-electron chi connectivity index (χ3n) is 3.90. The Balaban J connectivity index is 1.52. The molecule has 0 unspecified atom stereocenters. The Morgan fingerprint density at radius 1 is 1.07 bits per heavy atom. The van der Waals surface area contributed by atoms with E-state index < -0.39 is 0 Å². The summed E-state index contributed by atoms with van der Waals surface area (Å²) in [6, 6.07) is 16.7. The second kappa shape index (κ2) is 8.99. The summed E-state index contributed by atoms with van der Waals surface area (Å²) in [5.74, 6) is 0.539. The Morgan fingerprint density at radius 2 is 1.79 bits per heavy atom. The minimum absolute atomic E-state index is 0.126. The number of aryl methyl sites for hydroxylation is 2. The molecule has 0 aliphatic rings. The van der Waals surface area contributed by atoms with Crippen LogP contribution in [-0.2, 0) is 4.79 Å². The van der Waals surface area contributed by atoms with Gasteiger partial charge in [0.2, 0.25) is 5.91 Å². The number of carbonyl (C=O) groups is 2. The number of hydrogen-bond donors (Lipinski definition) is 2. The van der Waals surface area contributed by atoms with Crippen molar-refractivity contribution in [2.45, 2.75) is 23.6 Å². The van der Waals surface area contributed by atoms with E-state index in [1.54, 1.807) is 31.7 Å². The number of halogens is 1. The average Bonchev–Trinajstić information content (AvgIpc) is 3.01. The zero-order chi connectivity index (χ0) is 20.1. The molecule has 0 fully saturated rings. The Labute approximate surface area is 172 Å². The minimum Gasteiger partial charge on any atom is -0.466 e. The Morgan fingerprint density at radius 3 is 2.43 bits per heavy atom. The molecular weight excluding hydrogens is 396 g/mol. The highest BCUT2D eigenvalue weighted by atomic mass is 35.5. The van der Waals surface area contributed by atoms with Gasteiger partial charge in [-0.2, -0.15) is 0 Å². The summed E-state index contributed by atoms with van der Waals surface area (Å²) in [6.07, 6.45) is 0. The fourth-order valence-corrected chi connectivity index (χ4v) is 3.67. The topological polar surface area (TPSA) is 71.3 Å². The smallest absolute Gasteiger partial charge is 0.255 e. The van der Waals surface area contributed by atoms with Gasteiger partial charge >= 0.3 is 0 Å². The van der Waals surface area contributed by atoms with Gasteiger partial charge in [-0.3, -0.25) is 9.59 Å². The first-order chi connectivity index (χ1) is 13.4. The molecule has 0 spiro atoms. The van der Waals surface area contributed by atoms with Gasteiger partial charge in [-0.25, -0.2) is 0 Å². The number of furan rings is 1. The van der Waals surface area contributed by atoms with Crippen LogP contribution >= 0.6 is 23.4 Å². The molecule has 0 saturated heterocycles. The molecule has 1 heterocycles. The summed E-state index contributed by atoms with van der Waals surface area (Å²) in [5.41, 5.74) is 1.09. The zero-order valence-corrected chi connectivity index (χ0v) is 17.0. The minimum atomic E-state index is -0.337. The molecule has 2 aromatic carbocycles. The highest BCUT2D eigenvalue weighted by Crippen LogP contribution is 2.33. The number of nitrogens with one attached hydrogen (secondary N) is 2. The van der Waals surface area contributed by atoms with E-state index in [0.717, 1.165) is 9.79 Å². The molecule has 7 heteroatoms. The van der Waals surface area contributed by atoms with Crippen molar-refractivity contribution in [2.75, 3.05) is 11.9 Å². The fraction of sp³-hybridized carbons (Fsp3) is 0.143. The molecule has 3 rings (SSSR count). The zero-order valence-electron chi connectivity index (χ0n) is 15.4. The quantitative estimate of drug-likeness (QED) is 0.590. The van der Waals surface area contributed by atoms with E-state index in [1.165, 1.54) is 0 Å².